The SMILES string of the molecule is CCN(CC(=O)O)C(=O)CCC(=O)CNC(=O)CCCCC(=O)CCCCO[C@@H]1OC(CO)[C@H](O)C(O[C@@H]2OC(CO)[C@H](O)C(O)[C@H]2NC(C)=O)[C@H]1O[C@H]1C[C@H](O)[C@@H](O)C(C)O1. The molecule has 3 fully saturated rings. The van der Waals surface area contributed by atoms with E-state index in [-0.39, 0.29) is 69.8 Å². The van der Waals surface area contributed by atoms with E-state index in [4.69, 9.17) is 33.5 Å². The summed E-state index contributed by atoms with van der Waals surface area (Å²) in [5.74, 6) is -3.11. The molecule has 0 aromatic rings. The van der Waals surface area contributed by atoms with Gasteiger partial charge in [0.15, 0.2) is 24.7 Å². The van der Waals surface area contributed by atoms with Gasteiger partial charge in [0.25, 0.3) is 0 Å². The van der Waals surface area contributed by atoms with Gasteiger partial charge in [-0.3, -0.25) is 28.8 Å². The van der Waals surface area contributed by atoms with Crippen LogP contribution in [0.15, 0.2) is 0 Å². The smallest absolute Gasteiger partial charge is 0.323 e. The van der Waals surface area contributed by atoms with Gasteiger partial charge in [0.1, 0.15) is 67.2 Å². The number of nitrogens with one attached hydrogen (secondary N) is 2. The van der Waals surface area contributed by atoms with Crippen LogP contribution >= 0.6 is 0 Å². The second kappa shape index (κ2) is 26.5. The van der Waals surface area contributed by atoms with E-state index in [1.54, 1.807) is 6.92 Å². The third kappa shape index (κ3) is 16.4. The fourth-order valence-electron chi connectivity index (χ4n) is 7.18. The second-order valence-electron chi connectivity index (χ2n) is 15.6. The Hall–Kier alpha value is -3.30. The topological polar surface area (TPSA) is 347 Å². The standard InChI is InChI=1S/C39H65N3O20/c1-4-42(17-29(51)52)28(50)13-12-23(47)16-40-27(49)11-6-5-9-22(46)10-7-8-14-57-39-37(61-30-15-24(48)32(53)20(2)58-30)36(34(55)26(19-44)60-39)62-38-31(41-21(3)45)35(56)33(54)25(18-43)59-38/h20,24-26,30-39,43-44,48,53-56H,4-19H2,1-3H3,(H,40,49)(H,41,45)(H,51,52)/t20?,24-,25?,26?,30-,31+,32-,33-,34-,35?,36?,37+,38-,39+/m0/s1. The van der Waals surface area contributed by atoms with E-state index < -0.39 is 129 Å². The highest BCUT2D eigenvalue weighted by molar-refractivity contribution is 5.89. The summed E-state index contributed by atoms with van der Waals surface area (Å²) in [6.07, 6.45) is -16.8. The van der Waals surface area contributed by atoms with Crippen molar-refractivity contribution in [2.45, 2.75) is 171 Å². The molecule has 10 N–H and O–H groups in total. The van der Waals surface area contributed by atoms with Crippen molar-refractivity contribution in [2.75, 3.05) is 39.5 Å². The molecule has 0 aromatic carbocycles. The molecule has 23 nitrogen and oxygen atoms in total. The summed E-state index contributed by atoms with van der Waals surface area (Å²) < 4.78 is 35.6. The van der Waals surface area contributed by atoms with Crippen molar-refractivity contribution in [2.24, 2.45) is 0 Å². The summed E-state index contributed by atoms with van der Waals surface area (Å²) in [6.45, 7) is 2.20. The Morgan fingerprint density at radius 3 is 1.97 bits per heavy atom. The largest absolute Gasteiger partial charge is 0.480 e. The van der Waals surface area contributed by atoms with Crippen LogP contribution in [0.5, 0.6) is 0 Å². The fraction of sp³-hybridized carbons (Fsp3) is 0.846. The summed E-state index contributed by atoms with van der Waals surface area (Å²) in [5, 5.41) is 87.1. The highest BCUT2D eigenvalue weighted by atomic mass is 16.8. The van der Waals surface area contributed by atoms with Crippen molar-refractivity contribution in [3.8, 4) is 0 Å². The Labute approximate surface area is 358 Å². The summed E-state index contributed by atoms with van der Waals surface area (Å²) in [7, 11) is 0. The monoisotopic (exact) mass is 895 g/mol. The van der Waals surface area contributed by atoms with E-state index in [0.29, 0.717) is 25.7 Å². The molecule has 0 aliphatic carbocycles. The molecular formula is C39H65N3O20. The Morgan fingerprint density at radius 2 is 1.35 bits per heavy atom. The lowest BCUT2D eigenvalue weighted by Gasteiger charge is -2.49. The van der Waals surface area contributed by atoms with E-state index in [1.165, 1.54) is 6.92 Å². The molecule has 62 heavy (non-hydrogen) atoms. The van der Waals surface area contributed by atoms with Gasteiger partial charge in [-0.1, -0.05) is 0 Å². The molecule has 0 saturated carbocycles. The van der Waals surface area contributed by atoms with Crippen LogP contribution in [0.2, 0.25) is 0 Å². The number of likely N-dealkylation sites (N-methyl/N-ethyl adjacent to an activating group) is 1. The molecule has 0 aromatic heterocycles. The Balaban J connectivity index is 1.53. The lowest BCUT2D eigenvalue weighted by Crippen LogP contribution is -2.68. The number of aliphatic hydroxyl groups is 7. The minimum Gasteiger partial charge on any atom is -0.480 e. The zero-order chi connectivity index (χ0) is 46.1. The van der Waals surface area contributed by atoms with Crippen LogP contribution in [-0.2, 0) is 57.2 Å². The van der Waals surface area contributed by atoms with Crippen LogP contribution < -0.4 is 10.6 Å². The molecule has 5 unspecified atom stereocenters. The zero-order valence-corrected chi connectivity index (χ0v) is 35.3. The Morgan fingerprint density at radius 1 is 0.726 bits per heavy atom. The number of aliphatic carboxylic acids is 1. The normalized spacial score (nSPS) is 32.4. The van der Waals surface area contributed by atoms with Gasteiger partial charge in [-0.25, -0.2) is 0 Å². The molecule has 356 valence electrons. The van der Waals surface area contributed by atoms with Crippen molar-refractivity contribution >= 4 is 35.3 Å². The maximum absolute atomic E-state index is 12.6. The number of hydrogen-bond donors (Lipinski definition) is 10. The summed E-state index contributed by atoms with van der Waals surface area (Å²) in [6, 6.07) is -1.41. The van der Waals surface area contributed by atoms with Gasteiger partial charge in [0, 0.05) is 58.6 Å². The van der Waals surface area contributed by atoms with Crippen LogP contribution in [0.25, 0.3) is 0 Å². The van der Waals surface area contributed by atoms with Crippen LogP contribution in [0.1, 0.15) is 85.0 Å². The van der Waals surface area contributed by atoms with Gasteiger partial charge in [-0.05, 0) is 39.5 Å². The van der Waals surface area contributed by atoms with Crippen LogP contribution in [0.4, 0.5) is 0 Å². The molecule has 0 spiro atoms. The molecule has 3 amide bonds. The van der Waals surface area contributed by atoms with E-state index in [9.17, 15) is 64.5 Å². The first-order valence-corrected chi connectivity index (χ1v) is 21.0. The Kier molecular flexibility index (Phi) is 22.7. The first-order valence-electron chi connectivity index (χ1n) is 21.0. The van der Waals surface area contributed by atoms with E-state index in [1.807, 2.05) is 0 Å². The minimum absolute atomic E-state index is 0.0276. The van der Waals surface area contributed by atoms with Gasteiger partial charge in [0.05, 0.1) is 32.0 Å². The molecule has 3 aliphatic heterocycles. The molecule has 3 rings (SSSR count). The first kappa shape index (κ1) is 53.0. The number of rotatable bonds is 26. The molecule has 3 aliphatic rings. The summed E-state index contributed by atoms with van der Waals surface area (Å²) >= 11 is 0. The summed E-state index contributed by atoms with van der Waals surface area (Å²) in [5.41, 5.74) is 0. The van der Waals surface area contributed by atoms with Gasteiger partial charge < -0.3 is 84.8 Å². The predicted octanol–water partition coefficient (Wildman–Crippen LogP) is -3.65. The third-order valence-corrected chi connectivity index (χ3v) is 10.7. The number of carboxylic acids is 1. The second-order valence-corrected chi connectivity index (χ2v) is 15.6. The van der Waals surface area contributed by atoms with E-state index in [0.717, 1.165) is 11.8 Å². The van der Waals surface area contributed by atoms with Crippen molar-refractivity contribution in [1.82, 2.24) is 15.5 Å². The number of hydrogen-bond acceptors (Lipinski definition) is 19. The highest BCUT2D eigenvalue weighted by Gasteiger charge is 2.53. The average molecular weight is 896 g/mol. The van der Waals surface area contributed by atoms with E-state index in [2.05, 4.69) is 10.6 Å². The van der Waals surface area contributed by atoms with Gasteiger partial charge in [-0.15, -0.1) is 0 Å². The summed E-state index contributed by atoms with van der Waals surface area (Å²) in [4.78, 5) is 73.1. The number of aliphatic hydroxyl groups excluding tert-OH is 7. The van der Waals surface area contributed by atoms with Gasteiger partial charge in [-0.2, -0.15) is 0 Å². The fourth-order valence-corrected chi connectivity index (χ4v) is 7.18. The molecule has 3 heterocycles. The number of nitrogens with zero attached hydrogens (tertiary/aromatic N) is 1. The molecular weight excluding hydrogens is 830 g/mol. The van der Waals surface area contributed by atoms with Crippen LogP contribution in [-0.4, -0.2) is 206 Å². The number of amides is 3. The minimum atomic E-state index is -1.70. The third-order valence-electron chi connectivity index (χ3n) is 10.7. The number of carbonyl (C=O) groups excluding carboxylic acids is 5. The quantitative estimate of drug-likeness (QED) is 0.0374. The number of carboxylic acid groups (broad SMARTS) is 1. The van der Waals surface area contributed by atoms with Crippen molar-refractivity contribution in [1.29, 1.82) is 0 Å². The molecule has 3 saturated heterocycles. The number of ketones is 2. The average Bonchev–Trinajstić information content (AvgIpc) is 3.22. The lowest BCUT2D eigenvalue weighted by atomic mass is 9.95. The van der Waals surface area contributed by atoms with Crippen molar-refractivity contribution in [3.63, 3.8) is 0 Å². The molecule has 0 radical (unpaired) electrons. The lowest BCUT2D eigenvalue weighted by molar-refractivity contribution is -0.375. The van der Waals surface area contributed by atoms with Crippen molar-refractivity contribution < 1.29 is 98.0 Å². The maximum Gasteiger partial charge on any atom is 0.323 e. The zero-order valence-electron chi connectivity index (χ0n) is 35.3. The van der Waals surface area contributed by atoms with Crippen LogP contribution in [0.3, 0.4) is 0 Å². The van der Waals surface area contributed by atoms with Gasteiger partial charge in [0.2, 0.25) is 17.7 Å². The van der Waals surface area contributed by atoms with E-state index >= 15 is 0 Å². The molecule has 23 heteroatoms. The van der Waals surface area contributed by atoms with Crippen LogP contribution in [0, 0.1) is 0 Å². The number of ether oxygens (including phenoxy) is 6. The molecule has 14 atom stereocenters. The van der Waals surface area contributed by atoms with Gasteiger partial charge >= 0.3 is 5.97 Å². The number of unbranched alkanes of at least 4 members (excludes halogenated alkanes) is 2. The Bertz CT molecular complexity index is 1450. The van der Waals surface area contributed by atoms with Crippen molar-refractivity contribution in [3.05, 3.63) is 0 Å². The molecule has 0 bridgehead atoms. The highest BCUT2D eigenvalue weighted by Crippen LogP contribution is 2.34. The number of Topliss-reactive ketones (excluding diaryl/α,β-unsaturated/α-hetero) is 2. The number of carbonyl (C=O) groups is 6. The predicted molar refractivity (Wildman–Crippen MR) is 208 cm³/mol. The first-order chi connectivity index (χ1) is 29.4. The maximum atomic E-state index is 12.6.